The zero-order valence-corrected chi connectivity index (χ0v) is 21.9. The van der Waals surface area contributed by atoms with Gasteiger partial charge < -0.3 is 20.1 Å². The Balaban J connectivity index is 1.35. The molecule has 0 aliphatic carbocycles. The van der Waals surface area contributed by atoms with E-state index < -0.39 is 6.09 Å². The van der Waals surface area contributed by atoms with E-state index in [4.69, 9.17) is 9.47 Å². The quantitative estimate of drug-likeness (QED) is 0.424. The number of nitrogens with zero attached hydrogens (tertiary/aromatic N) is 2. The fraction of sp³-hybridized carbons (Fsp3) is 0.667. The fourth-order valence-corrected chi connectivity index (χ4v) is 5.06. The molecule has 0 saturated carbocycles. The number of hydrogen-bond acceptors (Lipinski definition) is 7. The predicted molar refractivity (Wildman–Crippen MR) is 137 cm³/mol. The summed E-state index contributed by atoms with van der Waals surface area (Å²) in [5.74, 6) is -0.104. The summed E-state index contributed by atoms with van der Waals surface area (Å²) in [6.07, 6.45) is 4.76. The molecule has 2 aliphatic rings. The second kappa shape index (κ2) is 14.2. The molecule has 0 aromatic heterocycles. The van der Waals surface area contributed by atoms with Crippen LogP contribution in [0.4, 0.5) is 4.79 Å². The van der Waals surface area contributed by atoms with E-state index in [1.807, 2.05) is 44.2 Å². The highest BCUT2D eigenvalue weighted by atomic mass is 16.5. The molecule has 36 heavy (non-hydrogen) atoms. The lowest BCUT2D eigenvalue weighted by Crippen LogP contribution is -2.48. The maximum atomic E-state index is 13.0. The van der Waals surface area contributed by atoms with Gasteiger partial charge in [0.25, 0.3) is 0 Å². The summed E-state index contributed by atoms with van der Waals surface area (Å²) in [6.45, 7) is 7.49. The van der Waals surface area contributed by atoms with Crippen molar-refractivity contribution in [1.29, 1.82) is 0 Å². The monoisotopic (exact) mass is 502 g/mol. The van der Waals surface area contributed by atoms with Gasteiger partial charge in [-0.15, -0.1) is 0 Å². The van der Waals surface area contributed by atoms with Crippen LogP contribution in [0.15, 0.2) is 30.3 Å². The highest BCUT2D eigenvalue weighted by Gasteiger charge is 2.33. The second-order valence-electron chi connectivity index (χ2n) is 10.0. The van der Waals surface area contributed by atoms with Crippen LogP contribution in [0.2, 0.25) is 0 Å². The molecule has 200 valence electrons. The maximum Gasteiger partial charge on any atom is 0.407 e. The number of carbonyl (C=O) groups is 3. The van der Waals surface area contributed by atoms with Gasteiger partial charge in [-0.25, -0.2) is 4.79 Å². The van der Waals surface area contributed by atoms with E-state index in [2.05, 4.69) is 20.4 Å². The summed E-state index contributed by atoms with van der Waals surface area (Å²) in [7, 11) is 1.43. The molecule has 4 atom stereocenters. The van der Waals surface area contributed by atoms with Crippen LogP contribution in [-0.2, 0) is 25.7 Å². The first kappa shape index (κ1) is 27.9. The molecule has 2 heterocycles. The number of hydrogen-bond donors (Lipinski definition) is 2. The minimum absolute atomic E-state index is 0.0267. The largest absolute Gasteiger partial charge is 0.468 e. The number of ether oxygens (including phenoxy) is 2. The Bertz CT molecular complexity index is 852. The van der Waals surface area contributed by atoms with E-state index in [0.717, 1.165) is 70.3 Å². The van der Waals surface area contributed by atoms with E-state index in [-0.39, 0.29) is 42.7 Å². The average molecular weight is 503 g/mol. The Kier molecular flexibility index (Phi) is 11.0. The average Bonchev–Trinajstić information content (AvgIpc) is 3.55. The zero-order valence-electron chi connectivity index (χ0n) is 21.9. The number of carbonyl (C=O) groups excluding carboxylic acids is 3. The summed E-state index contributed by atoms with van der Waals surface area (Å²) >= 11 is 0. The summed E-state index contributed by atoms with van der Waals surface area (Å²) in [5.41, 5.74) is 0.948. The molecule has 1 aromatic carbocycles. The van der Waals surface area contributed by atoms with Crippen LogP contribution in [0, 0.1) is 0 Å². The Morgan fingerprint density at radius 2 is 1.50 bits per heavy atom. The van der Waals surface area contributed by atoms with Crippen molar-refractivity contribution in [3.8, 4) is 0 Å². The number of esters is 1. The van der Waals surface area contributed by atoms with Crippen molar-refractivity contribution in [2.24, 2.45) is 0 Å². The molecule has 9 heteroatoms. The topological polar surface area (TPSA) is 100 Å². The van der Waals surface area contributed by atoms with E-state index in [9.17, 15) is 14.4 Å². The van der Waals surface area contributed by atoms with Crippen LogP contribution in [-0.4, -0.2) is 85.2 Å². The van der Waals surface area contributed by atoms with Gasteiger partial charge in [-0.2, -0.15) is 0 Å². The van der Waals surface area contributed by atoms with E-state index >= 15 is 0 Å². The van der Waals surface area contributed by atoms with Crippen LogP contribution >= 0.6 is 0 Å². The van der Waals surface area contributed by atoms with E-state index in [1.54, 1.807) is 0 Å². The van der Waals surface area contributed by atoms with Crippen molar-refractivity contribution in [2.75, 3.05) is 33.3 Å². The lowest BCUT2D eigenvalue weighted by molar-refractivity contribution is -0.146. The third kappa shape index (κ3) is 8.48. The molecule has 0 bridgehead atoms. The smallest absolute Gasteiger partial charge is 0.407 e. The van der Waals surface area contributed by atoms with Crippen molar-refractivity contribution in [2.45, 2.75) is 83.1 Å². The van der Waals surface area contributed by atoms with Crippen molar-refractivity contribution in [1.82, 2.24) is 20.4 Å². The SMILES string of the molecule is COC(=O)[C@@H]1CCCN1CC[C@@H](C)NC(=O)[C@@H]1CCCN1CC[C@@H](C)NC(=O)OCc1ccccc1. The number of rotatable bonds is 12. The van der Waals surface area contributed by atoms with Crippen molar-refractivity contribution in [3.05, 3.63) is 35.9 Å². The number of amides is 2. The molecule has 0 spiro atoms. The molecule has 2 fully saturated rings. The number of methoxy groups -OCH3 is 1. The molecule has 1 aromatic rings. The van der Waals surface area contributed by atoms with E-state index in [1.165, 1.54) is 7.11 Å². The number of nitrogens with one attached hydrogen (secondary N) is 2. The predicted octanol–water partition coefficient (Wildman–Crippen LogP) is 2.69. The standard InChI is InChI=1S/C27H42N4O5/c1-20(13-18-31-16-8-12-24(31)26(33)35-3)28-25(32)23-11-7-15-30(23)17-14-21(2)29-27(34)36-19-22-9-5-4-6-10-22/h4-6,9-10,20-21,23-24H,7-8,11-19H2,1-3H3,(H,28,32)(H,29,34)/t20-,21-,23+,24+/m1/s1. The maximum absolute atomic E-state index is 13.0. The Hall–Kier alpha value is -2.65. The molecular weight excluding hydrogens is 460 g/mol. The minimum Gasteiger partial charge on any atom is -0.468 e. The van der Waals surface area contributed by atoms with Crippen molar-refractivity contribution in [3.63, 3.8) is 0 Å². The molecule has 2 aliphatic heterocycles. The van der Waals surface area contributed by atoms with Gasteiger partial charge in [0.05, 0.1) is 13.2 Å². The lowest BCUT2D eigenvalue weighted by atomic mass is 10.1. The molecule has 2 saturated heterocycles. The van der Waals surface area contributed by atoms with Gasteiger partial charge in [-0.1, -0.05) is 30.3 Å². The second-order valence-corrected chi connectivity index (χ2v) is 10.0. The summed E-state index contributed by atoms with van der Waals surface area (Å²) in [6, 6.07) is 9.26. The molecule has 2 N–H and O–H groups in total. The minimum atomic E-state index is -0.427. The number of likely N-dealkylation sites (tertiary alicyclic amines) is 2. The van der Waals surface area contributed by atoms with Gasteiger partial charge >= 0.3 is 12.1 Å². The highest BCUT2D eigenvalue weighted by Crippen LogP contribution is 2.20. The lowest BCUT2D eigenvalue weighted by Gasteiger charge is -2.28. The third-order valence-corrected chi connectivity index (χ3v) is 7.17. The molecule has 9 nitrogen and oxygen atoms in total. The van der Waals surface area contributed by atoms with Gasteiger partial charge in [-0.05, 0) is 71.0 Å². The molecular formula is C27H42N4O5. The zero-order chi connectivity index (χ0) is 25.9. The Labute approximate surface area is 214 Å². The number of benzene rings is 1. The van der Waals surface area contributed by atoms with Crippen molar-refractivity contribution >= 4 is 18.0 Å². The normalized spacial score (nSPS) is 22.1. The summed E-state index contributed by atoms with van der Waals surface area (Å²) in [4.78, 5) is 41.4. The highest BCUT2D eigenvalue weighted by molar-refractivity contribution is 5.82. The first-order valence-corrected chi connectivity index (χ1v) is 13.2. The summed E-state index contributed by atoms with van der Waals surface area (Å²) < 4.78 is 10.2. The van der Waals surface area contributed by atoms with Gasteiger partial charge in [0.2, 0.25) is 5.91 Å². The van der Waals surface area contributed by atoms with Crippen LogP contribution in [0.5, 0.6) is 0 Å². The number of alkyl carbamates (subject to hydrolysis) is 1. The van der Waals surface area contributed by atoms with Crippen LogP contribution in [0.3, 0.4) is 0 Å². The Morgan fingerprint density at radius 3 is 2.14 bits per heavy atom. The molecule has 2 amide bonds. The van der Waals surface area contributed by atoms with Gasteiger partial charge in [0.15, 0.2) is 0 Å². The fourth-order valence-electron chi connectivity index (χ4n) is 5.06. The van der Waals surface area contributed by atoms with Crippen molar-refractivity contribution < 1.29 is 23.9 Å². The van der Waals surface area contributed by atoms with Crippen LogP contribution in [0.25, 0.3) is 0 Å². The molecule has 0 unspecified atom stereocenters. The van der Waals surface area contributed by atoms with E-state index in [0.29, 0.717) is 0 Å². The summed E-state index contributed by atoms with van der Waals surface area (Å²) in [5, 5.41) is 6.06. The van der Waals surface area contributed by atoms with Gasteiger partial charge in [0.1, 0.15) is 12.6 Å². The third-order valence-electron chi connectivity index (χ3n) is 7.17. The van der Waals surface area contributed by atoms with Crippen LogP contribution < -0.4 is 10.6 Å². The molecule has 0 radical (unpaired) electrons. The van der Waals surface area contributed by atoms with Gasteiger partial charge in [-0.3, -0.25) is 19.4 Å². The Morgan fingerprint density at radius 1 is 0.917 bits per heavy atom. The first-order valence-electron chi connectivity index (χ1n) is 13.2. The molecule has 3 rings (SSSR count). The van der Waals surface area contributed by atoms with Crippen LogP contribution in [0.1, 0.15) is 57.9 Å². The van der Waals surface area contributed by atoms with Gasteiger partial charge in [0, 0.05) is 25.2 Å². The first-order chi connectivity index (χ1) is 17.4.